The Bertz CT molecular complexity index is 1060. The molecule has 0 N–H and O–H groups in total. The number of carbonyl (C=O) groups excluding carboxylic acids is 1. The number of thiophene rings is 1. The maximum atomic E-state index is 13.0. The molecule has 0 fully saturated rings. The van der Waals surface area contributed by atoms with Crippen molar-refractivity contribution in [3.05, 3.63) is 50.3 Å². The Kier molecular flexibility index (Phi) is 4.19. The molecule has 1 atom stereocenters. The van der Waals surface area contributed by atoms with Crippen molar-refractivity contribution in [1.82, 2.24) is 9.55 Å². The molecule has 7 heteroatoms. The Hall–Kier alpha value is -2.41. The van der Waals surface area contributed by atoms with Crippen LogP contribution in [0.15, 0.2) is 21.6 Å². The summed E-state index contributed by atoms with van der Waals surface area (Å²) in [6, 6.07) is 1.63. The smallest absolute Gasteiger partial charge is 0.341 e. The summed E-state index contributed by atoms with van der Waals surface area (Å²) in [5, 5.41) is 0.746. The van der Waals surface area contributed by atoms with Crippen molar-refractivity contribution in [3.8, 4) is 0 Å². The fraction of sp³-hybridized carbons (Fsp3) is 0.421. The number of hydrogen-bond donors (Lipinski definition) is 0. The third-order valence-electron chi connectivity index (χ3n) is 4.98. The lowest BCUT2D eigenvalue weighted by atomic mass is 9.89. The lowest BCUT2D eigenvalue weighted by molar-refractivity contribution is 0.0599. The molecule has 3 heterocycles. The highest BCUT2D eigenvalue weighted by molar-refractivity contribution is 7.18. The van der Waals surface area contributed by atoms with Gasteiger partial charge >= 0.3 is 5.97 Å². The summed E-state index contributed by atoms with van der Waals surface area (Å²) in [6.45, 7) is 4.19. The number of aromatic nitrogens is 2. The van der Waals surface area contributed by atoms with Crippen LogP contribution < -0.4 is 5.56 Å². The summed E-state index contributed by atoms with van der Waals surface area (Å²) in [6.07, 6.45) is 4.62. The highest BCUT2D eigenvalue weighted by atomic mass is 32.1. The SMILES string of the molecule is COC(=O)c1cc(Cn2cnc3sc4c(c3c2=O)CC[C@H](C)C4)oc1C. The summed E-state index contributed by atoms with van der Waals surface area (Å²) >= 11 is 1.64. The lowest BCUT2D eigenvalue weighted by Crippen LogP contribution is -2.22. The normalized spacial score (nSPS) is 16.7. The van der Waals surface area contributed by atoms with Gasteiger partial charge in [0.2, 0.25) is 0 Å². The third kappa shape index (κ3) is 2.76. The van der Waals surface area contributed by atoms with Crippen LogP contribution in [0.1, 0.15) is 45.7 Å². The van der Waals surface area contributed by atoms with E-state index < -0.39 is 5.97 Å². The van der Waals surface area contributed by atoms with E-state index in [4.69, 9.17) is 9.15 Å². The summed E-state index contributed by atoms with van der Waals surface area (Å²) in [5.74, 6) is 1.22. The van der Waals surface area contributed by atoms with E-state index in [0.717, 1.165) is 29.5 Å². The Morgan fingerprint density at radius 1 is 1.50 bits per heavy atom. The van der Waals surface area contributed by atoms with Crippen LogP contribution in [0, 0.1) is 12.8 Å². The van der Waals surface area contributed by atoms with E-state index in [1.165, 1.54) is 17.6 Å². The summed E-state index contributed by atoms with van der Waals surface area (Å²) in [4.78, 5) is 31.4. The molecule has 1 aliphatic rings. The maximum absolute atomic E-state index is 13.0. The first kappa shape index (κ1) is 17.0. The van der Waals surface area contributed by atoms with Crippen LogP contribution in [0.4, 0.5) is 0 Å². The first-order valence-electron chi connectivity index (χ1n) is 8.65. The number of hydrogen-bond acceptors (Lipinski definition) is 6. The number of fused-ring (bicyclic) bond motifs is 3. The second-order valence-corrected chi connectivity index (χ2v) is 7.97. The van der Waals surface area contributed by atoms with Crippen molar-refractivity contribution < 1.29 is 13.9 Å². The molecule has 4 rings (SSSR count). The minimum atomic E-state index is -0.445. The van der Waals surface area contributed by atoms with Gasteiger partial charge in [-0.3, -0.25) is 9.36 Å². The van der Waals surface area contributed by atoms with E-state index in [0.29, 0.717) is 23.0 Å². The number of carbonyl (C=O) groups is 1. The first-order chi connectivity index (χ1) is 12.5. The van der Waals surface area contributed by atoms with Crippen molar-refractivity contribution >= 4 is 27.5 Å². The van der Waals surface area contributed by atoms with Gasteiger partial charge in [0.1, 0.15) is 21.9 Å². The van der Waals surface area contributed by atoms with Crippen LogP contribution in [0.3, 0.4) is 0 Å². The van der Waals surface area contributed by atoms with Crippen LogP contribution >= 0.6 is 11.3 Å². The number of aryl methyl sites for hydroxylation is 2. The Labute approximate surface area is 154 Å². The van der Waals surface area contributed by atoms with E-state index >= 15 is 0 Å². The van der Waals surface area contributed by atoms with Crippen LogP contribution in [0.5, 0.6) is 0 Å². The van der Waals surface area contributed by atoms with Crippen LogP contribution in [-0.4, -0.2) is 22.6 Å². The van der Waals surface area contributed by atoms with Gasteiger partial charge in [0.05, 0.1) is 25.4 Å². The van der Waals surface area contributed by atoms with Gasteiger partial charge in [-0.25, -0.2) is 9.78 Å². The molecule has 0 bridgehead atoms. The van der Waals surface area contributed by atoms with Crippen molar-refractivity contribution in [3.63, 3.8) is 0 Å². The van der Waals surface area contributed by atoms with Gasteiger partial charge < -0.3 is 9.15 Å². The monoisotopic (exact) mass is 372 g/mol. The third-order valence-corrected chi connectivity index (χ3v) is 6.14. The van der Waals surface area contributed by atoms with Crippen molar-refractivity contribution in [2.75, 3.05) is 7.11 Å². The number of rotatable bonds is 3. The number of nitrogens with zero attached hydrogens (tertiary/aromatic N) is 2. The van der Waals surface area contributed by atoms with E-state index in [1.54, 1.807) is 35.2 Å². The Morgan fingerprint density at radius 2 is 2.31 bits per heavy atom. The number of methoxy groups -OCH3 is 1. The molecule has 6 nitrogen and oxygen atoms in total. The van der Waals surface area contributed by atoms with Gasteiger partial charge in [-0.2, -0.15) is 0 Å². The van der Waals surface area contributed by atoms with Crippen LogP contribution in [-0.2, 0) is 24.1 Å². The molecule has 0 amide bonds. The molecule has 0 saturated carbocycles. The average Bonchev–Trinajstić information content (AvgIpc) is 3.16. The molecule has 3 aromatic rings. The molecule has 0 aromatic carbocycles. The largest absolute Gasteiger partial charge is 0.465 e. The molecule has 1 aliphatic carbocycles. The zero-order valence-corrected chi connectivity index (χ0v) is 15.8. The topological polar surface area (TPSA) is 74.3 Å². The predicted molar refractivity (Wildman–Crippen MR) is 99.0 cm³/mol. The standard InChI is InChI=1S/C19H20N2O4S/c1-10-4-5-13-15(6-10)26-17-16(13)18(22)21(9-20-17)8-12-7-14(11(2)25-12)19(23)24-3/h7,9-10H,4-6,8H2,1-3H3/t10-/m0/s1. The van der Waals surface area contributed by atoms with Crippen molar-refractivity contribution in [1.29, 1.82) is 0 Å². The minimum Gasteiger partial charge on any atom is -0.465 e. The molecular weight excluding hydrogens is 352 g/mol. The van der Waals surface area contributed by atoms with Gasteiger partial charge in [-0.15, -0.1) is 11.3 Å². The number of furan rings is 1. The average molecular weight is 372 g/mol. The van der Waals surface area contributed by atoms with Gasteiger partial charge in [0.25, 0.3) is 5.56 Å². The molecule has 0 spiro atoms. The van der Waals surface area contributed by atoms with E-state index in [9.17, 15) is 9.59 Å². The van der Waals surface area contributed by atoms with Gasteiger partial charge in [-0.1, -0.05) is 6.92 Å². The van der Waals surface area contributed by atoms with E-state index in [1.807, 2.05) is 0 Å². The fourth-order valence-electron chi connectivity index (χ4n) is 3.58. The highest BCUT2D eigenvalue weighted by Gasteiger charge is 2.23. The van der Waals surface area contributed by atoms with Crippen molar-refractivity contribution in [2.45, 2.75) is 39.7 Å². The van der Waals surface area contributed by atoms with Crippen LogP contribution in [0.25, 0.3) is 10.2 Å². The molecular formula is C19H20N2O4S. The van der Waals surface area contributed by atoms with Gasteiger partial charge in [0, 0.05) is 4.88 Å². The summed E-state index contributed by atoms with van der Waals surface area (Å²) in [7, 11) is 1.33. The maximum Gasteiger partial charge on any atom is 0.341 e. The molecule has 136 valence electrons. The van der Waals surface area contributed by atoms with Crippen molar-refractivity contribution in [2.24, 2.45) is 5.92 Å². The highest BCUT2D eigenvalue weighted by Crippen LogP contribution is 2.35. The first-order valence-corrected chi connectivity index (χ1v) is 9.47. The Morgan fingerprint density at radius 3 is 3.08 bits per heavy atom. The molecule has 0 unspecified atom stereocenters. The number of esters is 1. The van der Waals surface area contributed by atoms with Crippen LogP contribution in [0.2, 0.25) is 0 Å². The fourth-order valence-corrected chi connectivity index (χ4v) is 4.92. The summed E-state index contributed by atoms with van der Waals surface area (Å²) in [5.41, 5.74) is 1.50. The molecule has 26 heavy (non-hydrogen) atoms. The van der Waals surface area contributed by atoms with E-state index in [-0.39, 0.29) is 12.1 Å². The number of ether oxygens (including phenoxy) is 1. The van der Waals surface area contributed by atoms with Gasteiger partial charge in [0.15, 0.2) is 0 Å². The molecule has 0 radical (unpaired) electrons. The molecule has 3 aromatic heterocycles. The van der Waals surface area contributed by atoms with Gasteiger partial charge in [-0.05, 0) is 43.7 Å². The van der Waals surface area contributed by atoms with E-state index in [2.05, 4.69) is 11.9 Å². The second-order valence-electron chi connectivity index (χ2n) is 6.88. The second kappa shape index (κ2) is 6.39. The predicted octanol–water partition coefficient (Wildman–Crippen LogP) is 3.32. The zero-order chi connectivity index (χ0) is 18.4. The molecule has 0 aliphatic heterocycles. The lowest BCUT2D eigenvalue weighted by Gasteiger charge is -2.17. The summed E-state index contributed by atoms with van der Waals surface area (Å²) < 4.78 is 11.9. The zero-order valence-electron chi connectivity index (χ0n) is 15.0. The molecule has 0 saturated heterocycles. The Balaban J connectivity index is 1.73. The quantitative estimate of drug-likeness (QED) is 0.660. The minimum absolute atomic E-state index is 0.0456.